The lowest BCUT2D eigenvalue weighted by Crippen LogP contribution is -2.44. The van der Waals surface area contributed by atoms with Gasteiger partial charge in [0.1, 0.15) is 7.05 Å². The molecule has 0 bridgehead atoms. The molecule has 1 heterocycles. The molecular weight excluding hydrogens is 366 g/mol. The van der Waals surface area contributed by atoms with Crippen LogP contribution in [0.5, 0.6) is 0 Å². The Morgan fingerprint density at radius 1 is 0.966 bits per heavy atom. The summed E-state index contributed by atoms with van der Waals surface area (Å²) in [5.41, 5.74) is 7.25. The zero-order valence-electron chi connectivity index (χ0n) is 19.9. The molecule has 0 aliphatic carbocycles. The fourth-order valence-electron chi connectivity index (χ4n) is 4.94. The van der Waals surface area contributed by atoms with Crippen LogP contribution >= 0.6 is 0 Å². The van der Waals surface area contributed by atoms with Crippen LogP contribution in [0.4, 0.5) is 0 Å². The van der Waals surface area contributed by atoms with Gasteiger partial charge in [-0.25, -0.2) is 4.57 Å². The average Bonchev–Trinajstić information content (AvgIpc) is 2.62. The minimum atomic E-state index is -1.48. The highest BCUT2D eigenvalue weighted by atomic mass is 28.3. The Balaban J connectivity index is 2.22. The zero-order valence-corrected chi connectivity index (χ0v) is 20.9. The van der Waals surface area contributed by atoms with E-state index >= 15 is 0 Å². The van der Waals surface area contributed by atoms with Gasteiger partial charge < -0.3 is 0 Å². The van der Waals surface area contributed by atoms with Gasteiger partial charge in [0.15, 0.2) is 6.20 Å². The largest absolute Gasteiger partial charge is 0.220 e. The minimum absolute atomic E-state index is 0.369. The molecule has 0 spiro atoms. The van der Waals surface area contributed by atoms with Crippen molar-refractivity contribution in [2.75, 3.05) is 0 Å². The molecule has 29 heavy (non-hydrogen) atoms. The molecule has 3 aromatic rings. The molecule has 0 fully saturated rings. The molecule has 0 unspecified atom stereocenters. The van der Waals surface area contributed by atoms with Gasteiger partial charge in [-0.3, -0.25) is 0 Å². The molecule has 0 aliphatic rings. The van der Waals surface area contributed by atoms with Crippen molar-refractivity contribution in [3.05, 3.63) is 59.3 Å². The normalized spacial score (nSPS) is 12.6. The number of nitrogens with zero attached hydrogens (tertiary/aromatic N) is 1. The second-order valence-electron chi connectivity index (χ2n) is 10.6. The molecule has 0 radical (unpaired) electrons. The van der Waals surface area contributed by atoms with Crippen LogP contribution in [-0.4, -0.2) is 8.07 Å². The van der Waals surface area contributed by atoms with Gasteiger partial charge in [0.25, 0.3) is 0 Å². The SMILES string of the molecule is CCc1cc(C)c(C)c(-c2c3ccc([Si](C)(C)CC(C)(C)C)cc3cc[n+]2C)c1. The van der Waals surface area contributed by atoms with E-state index in [4.69, 9.17) is 0 Å². The quantitative estimate of drug-likeness (QED) is 0.346. The van der Waals surface area contributed by atoms with E-state index in [1.807, 2.05) is 0 Å². The maximum atomic E-state index is 2.52. The van der Waals surface area contributed by atoms with Gasteiger partial charge in [0, 0.05) is 6.07 Å². The molecule has 0 amide bonds. The van der Waals surface area contributed by atoms with Crippen LogP contribution in [-0.2, 0) is 13.5 Å². The first kappa shape index (κ1) is 21.8. The lowest BCUT2D eigenvalue weighted by molar-refractivity contribution is -0.659. The molecule has 3 rings (SSSR count). The number of rotatable bonds is 4. The Bertz CT molecular complexity index is 1050. The topological polar surface area (TPSA) is 3.88 Å². The van der Waals surface area contributed by atoms with Crippen molar-refractivity contribution in [1.29, 1.82) is 0 Å². The summed E-state index contributed by atoms with van der Waals surface area (Å²) < 4.78 is 2.29. The highest BCUT2D eigenvalue weighted by Gasteiger charge is 2.30. The molecule has 2 heteroatoms. The molecule has 0 saturated heterocycles. The van der Waals surface area contributed by atoms with Crippen molar-refractivity contribution in [3.8, 4) is 11.3 Å². The highest BCUT2D eigenvalue weighted by Crippen LogP contribution is 2.32. The third-order valence-corrected chi connectivity index (χ3v) is 10.1. The summed E-state index contributed by atoms with van der Waals surface area (Å²) in [7, 11) is 0.691. The predicted molar refractivity (Wildman–Crippen MR) is 131 cm³/mol. The van der Waals surface area contributed by atoms with Gasteiger partial charge in [-0.15, -0.1) is 0 Å². The Morgan fingerprint density at radius 3 is 2.28 bits per heavy atom. The van der Waals surface area contributed by atoms with Gasteiger partial charge in [0.05, 0.1) is 19.0 Å². The van der Waals surface area contributed by atoms with Crippen molar-refractivity contribution < 1.29 is 4.57 Å². The summed E-state index contributed by atoms with van der Waals surface area (Å²) in [4.78, 5) is 0. The summed E-state index contributed by atoms with van der Waals surface area (Å²) in [6.45, 7) is 18.9. The number of hydrogen-bond acceptors (Lipinski definition) is 0. The zero-order chi connectivity index (χ0) is 21.6. The number of aromatic nitrogens is 1. The lowest BCUT2D eigenvalue weighted by atomic mass is 9.93. The molecule has 0 atom stereocenters. The molecule has 1 aromatic heterocycles. The third-order valence-electron chi connectivity index (χ3n) is 6.28. The van der Waals surface area contributed by atoms with Gasteiger partial charge >= 0.3 is 0 Å². The molecule has 0 aliphatic heterocycles. The fourth-order valence-corrected chi connectivity index (χ4v) is 8.88. The van der Waals surface area contributed by atoms with Crippen molar-refractivity contribution in [3.63, 3.8) is 0 Å². The number of aryl methyl sites for hydroxylation is 3. The van der Waals surface area contributed by atoms with Crippen LogP contribution in [0.25, 0.3) is 22.0 Å². The number of fused-ring (bicyclic) bond motifs is 1. The summed E-state index contributed by atoms with van der Waals surface area (Å²) in [6.07, 6.45) is 3.30. The van der Waals surface area contributed by atoms with E-state index in [0.717, 1.165) is 6.42 Å². The van der Waals surface area contributed by atoms with Crippen LogP contribution in [0, 0.1) is 19.3 Å². The van der Waals surface area contributed by atoms with Gasteiger partial charge in [0.2, 0.25) is 5.69 Å². The molecule has 0 N–H and O–H groups in total. The summed E-state index contributed by atoms with van der Waals surface area (Å²) in [6, 6.07) is 15.6. The van der Waals surface area contributed by atoms with E-state index in [2.05, 4.69) is 109 Å². The molecular formula is C27H38NSi+. The van der Waals surface area contributed by atoms with E-state index in [-0.39, 0.29) is 0 Å². The standard InChI is InChI=1S/C27H38NSi/c1-10-21-15-19(2)20(3)25(16-21)26-24-12-11-23(17-22(24)13-14-28(26)7)29(8,9)18-27(4,5)6/h11-17H,10,18H2,1-9H3/q+1. The molecule has 1 nitrogen and oxygen atoms in total. The maximum absolute atomic E-state index is 2.52. The smallest absolute Gasteiger partial charge is 0.200 e. The number of hydrogen-bond donors (Lipinski definition) is 0. The van der Waals surface area contributed by atoms with E-state index in [0.29, 0.717) is 5.41 Å². The predicted octanol–water partition coefficient (Wildman–Crippen LogP) is 6.47. The fraction of sp³-hybridized carbons (Fsp3) is 0.444. The molecule has 154 valence electrons. The first-order valence-electron chi connectivity index (χ1n) is 11.0. The summed E-state index contributed by atoms with van der Waals surface area (Å²) >= 11 is 0. The van der Waals surface area contributed by atoms with E-state index in [9.17, 15) is 0 Å². The second-order valence-corrected chi connectivity index (χ2v) is 15.3. The van der Waals surface area contributed by atoms with Gasteiger partial charge in [-0.1, -0.05) is 64.2 Å². The molecule has 0 saturated carbocycles. The second kappa shape index (κ2) is 7.72. The monoisotopic (exact) mass is 404 g/mol. The number of benzene rings is 2. The van der Waals surface area contributed by atoms with Gasteiger partial charge in [-0.2, -0.15) is 0 Å². The van der Waals surface area contributed by atoms with Crippen LogP contribution < -0.4 is 9.75 Å². The Hall–Kier alpha value is -1.93. The van der Waals surface area contributed by atoms with Crippen LogP contribution in [0.1, 0.15) is 44.4 Å². The van der Waals surface area contributed by atoms with Crippen LogP contribution in [0.3, 0.4) is 0 Å². The van der Waals surface area contributed by atoms with Crippen molar-refractivity contribution in [2.24, 2.45) is 12.5 Å². The maximum Gasteiger partial charge on any atom is 0.220 e. The van der Waals surface area contributed by atoms with Crippen molar-refractivity contribution >= 4 is 24.0 Å². The summed E-state index contributed by atoms with van der Waals surface area (Å²) in [5.74, 6) is 0. The molecule has 2 aromatic carbocycles. The Labute approximate surface area is 178 Å². The summed E-state index contributed by atoms with van der Waals surface area (Å²) in [5, 5.41) is 4.29. The Kier molecular flexibility index (Phi) is 5.79. The van der Waals surface area contributed by atoms with Crippen molar-refractivity contribution in [1.82, 2.24) is 0 Å². The van der Waals surface area contributed by atoms with Crippen LogP contribution in [0.2, 0.25) is 19.1 Å². The third kappa shape index (κ3) is 4.48. The first-order chi connectivity index (χ1) is 13.4. The van der Waals surface area contributed by atoms with E-state index in [1.165, 1.54) is 44.8 Å². The van der Waals surface area contributed by atoms with Crippen molar-refractivity contribution in [2.45, 2.75) is 67.1 Å². The van der Waals surface area contributed by atoms with Gasteiger partial charge in [-0.05, 0) is 65.9 Å². The Morgan fingerprint density at radius 2 is 1.66 bits per heavy atom. The minimum Gasteiger partial charge on any atom is -0.200 e. The van der Waals surface area contributed by atoms with Crippen LogP contribution in [0.15, 0.2) is 42.6 Å². The first-order valence-corrected chi connectivity index (χ1v) is 14.2. The average molecular weight is 405 g/mol. The highest BCUT2D eigenvalue weighted by molar-refractivity contribution is 6.90. The lowest BCUT2D eigenvalue weighted by Gasteiger charge is -2.31. The van der Waals surface area contributed by atoms with E-state index in [1.54, 1.807) is 5.19 Å². The number of pyridine rings is 1. The van der Waals surface area contributed by atoms with E-state index < -0.39 is 8.07 Å².